The van der Waals surface area contributed by atoms with Gasteiger partial charge in [0.25, 0.3) is 0 Å². The van der Waals surface area contributed by atoms with Crippen molar-refractivity contribution in [3.8, 4) is 0 Å². The summed E-state index contributed by atoms with van der Waals surface area (Å²) < 4.78 is 6.72. The minimum absolute atomic E-state index is 0.0388. The lowest BCUT2D eigenvalue weighted by molar-refractivity contribution is -0.138. The van der Waals surface area contributed by atoms with E-state index in [-0.39, 0.29) is 6.42 Å². The SMILES string of the molecule is N[C@@H](Cc1cn([C@@H]2O[C@H](CO)[C@@H](O)[C@H]2O)cn1)C(=O)O. The third kappa shape index (κ3) is 2.81. The van der Waals surface area contributed by atoms with E-state index in [1.165, 1.54) is 17.1 Å². The first-order valence-corrected chi connectivity index (χ1v) is 6.07. The Hall–Kier alpha value is -1.52. The topological polar surface area (TPSA) is 151 Å². The van der Waals surface area contributed by atoms with Crippen LogP contribution in [0, 0.1) is 0 Å². The van der Waals surface area contributed by atoms with Gasteiger partial charge in [0.1, 0.15) is 24.4 Å². The summed E-state index contributed by atoms with van der Waals surface area (Å²) in [4.78, 5) is 14.6. The number of aromatic nitrogens is 2. The number of aliphatic hydroxyl groups is 3. The van der Waals surface area contributed by atoms with Crippen molar-refractivity contribution in [3.05, 3.63) is 18.2 Å². The molecular formula is C11H17N3O6. The Morgan fingerprint density at radius 3 is 2.75 bits per heavy atom. The van der Waals surface area contributed by atoms with Crippen molar-refractivity contribution in [1.82, 2.24) is 9.55 Å². The first-order chi connectivity index (χ1) is 9.43. The molecule has 1 aromatic heterocycles. The summed E-state index contributed by atoms with van der Waals surface area (Å²) in [6.45, 7) is -0.416. The van der Waals surface area contributed by atoms with Crippen LogP contribution in [0.25, 0.3) is 0 Å². The van der Waals surface area contributed by atoms with Crippen molar-refractivity contribution >= 4 is 5.97 Å². The van der Waals surface area contributed by atoms with E-state index in [9.17, 15) is 15.0 Å². The van der Waals surface area contributed by atoms with E-state index in [0.717, 1.165) is 0 Å². The number of carboxylic acid groups (broad SMARTS) is 1. The van der Waals surface area contributed by atoms with Gasteiger partial charge in [-0.15, -0.1) is 0 Å². The Balaban J connectivity index is 2.07. The third-order valence-electron chi connectivity index (χ3n) is 3.21. The van der Waals surface area contributed by atoms with Crippen LogP contribution in [0.15, 0.2) is 12.5 Å². The van der Waals surface area contributed by atoms with Gasteiger partial charge in [0, 0.05) is 12.6 Å². The average Bonchev–Trinajstić information content (AvgIpc) is 2.96. The minimum atomic E-state index is -1.21. The molecule has 9 heteroatoms. The van der Waals surface area contributed by atoms with Crippen LogP contribution < -0.4 is 5.73 Å². The van der Waals surface area contributed by atoms with Crippen molar-refractivity contribution in [2.24, 2.45) is 5.73 Å². The van der Waals surface area contributed by atoms with E-state index in [4.69, 9.17) is 20.7 Å². The zero-order chi connectivity index (χ0) is 14.9. The fraction of sp³-hybridized carbons (Fsp3) is 0.636. The van der Waals surface area contributed by atoms with Gasteiger partial charge in [-0.2, -0.15) is 0 Å². The number of hydrogen-bond acceptors (Lipinski definition) is 7. The van der Waals surface area contributed by atoms with E-state index in [0.29, 0.717) is 5.69 Å². The van der Waals surface area contributed by atoms with Gasteiger partial charge >= 0.3 is 5.97 Å². The average molecular weight is 287 g/mol. The molecule has 1 aliphatic heterocycles. The van der Waals surface area contributed by atoms with Crippen molar-refractivity contribution in [2.45, 2.75) is 37.0 Å². The van der Waals surface area contributed by atoms with Crippen LogP contribution >= 0.6 is 0 Å². The van der Waals surface area contributed by atoms with Crippen LogP contribution in [0.1, 0.15) is 11.9 Å². The Bertz CT molecular complexity index is 478. The number of nitrogens with two attached hydrogens (primary N) is 1. The molecule has 5 atom stereocenters. The van der Waals surface area contributed by atoms with Crippen LogP contribution in [-0.2, 0) is 16.0 Å². The van der Waals surface area contributed by atoms with Crippen molar-refractivity contribution < 1.29 is 30.0 Å². The van der Waals surface area contributed by atoms with Gasteiger partial charge in [0.2, 0.25) is 0 Å². The fourth-order valence-corrected chi connectivity index (χ4v) is 2.06. The lowest BCUT2D eigenvalue weighted by Crippen LogP contribution is -2.33. The predicted molar refractivity (Wildman–Crippen MR) is 64.6 cm³/mol. The zero-order valence-electron chi connectivity index (χ0n) is 10.5. The molecule has 0 amide bonds. The molecule has 1 fully saturated rings. The summed E-state index contributed by atoms with van der Waals surface area (Å²) >= 11 is 0. The maximum absolute atomic E-state index is 10.7. The van der Waals surface area contributed by atoms with Crippen LogP contribution in [0.2, 0.25) is 0 Å². The normalized spacial score (nSPS) is 31.4. The Morgan fingerprint density at radius 1 is 1.50 bits per heavy atom. The molecule has 112 valence electrons. The van der Waals surface area contributed by atoms with Gasteiger partial charge in [-0.25, -0.2) is 4.98 Å². The lowest BCUT2D eigenvalue weighted by Gasteiger charge is -2.15. The highest BCUT2D eigenvalue weighted by atomic mass is 16.6. The second kappa shape index (κ2) is 5.85. The molecule has 0 aromatic carbocycles. The molecule has 0 spiro atoms. The van der Waals surface area contributed by atoms with E-state index >= 15 is 0 Å². The molecule has 0 unspecified atom stereocenters. The van der Waals surface area contributed by atoms with Crippen molar-refractivity contribution in [1.29, 1.82) is 0 Å². The molecule has 0 saturated carbocycles. The Kier molecular flexibility index (Phi) is 4.35. The molecule has 6 N–H and O–H groups in total. The molecule has 1 saturated heterocycles. The summed E-state index contributed by atoms with van der Waals surface area (Å²) in [5, 5.41) is 37.2. The number of nitrogens with zero attached hydrogens (tertiary/aromatic N) is 2. The maximum atomic E-state index is 10.7. The van der Waals surface area contributed by atoms with Gasteiger partial charge in [0.05, 0.1) is 18.6 Å². The lowest BCUT2D eigenvalue weighted by atomic mass is 10.1. The Morgan fingerprint density at radius 2 is 2.20 bits per heavy atom. The summed E-state index contributed by atoms with van der Waals surface area (Å²) in [6, 6.07) is -1.07. The summed E-state index contributed by atoms with van der Waals surface area (Å²) in [5.74, 6) is -1.13. The summed E-state index contributed by atoms with van der Waals surface area (Å²) in [6.07, 6.45) is -1.28. The summed E-state index contributed by atoms with van der Waals surface area (Å²) in [5.41, 5.74) is 5.83. The number of imidazole rings is 1. The number of carboxylic acids is 1. The molecule has 0 bridgehead atoms. The molecule has 20 heavy (non-hydrogen) atoms. The predicted octanol–water partition coefficient (Wildman–Crippen LogP) is -2.55. The van der Waals surface area contributed by atoms with Gasteiger partial charge in [-0.05, 0) is 0 Å². The molecule has 2 heterocycles. The highest BCUT2D eigenvalue weighted by Gasteiger charge is 2.43. The first kappa shape index (κ1) is 14.9. The van der Waals surface area contributed by atoms with Gasteiger partial charge in [-0.1, -0.05) is 0 Å². The number of carbonyl (C=O) groups is 1. The monoisotopic (exact) mass is 287 g/mol. The van der Waals surface area contributed by atoms with Gasteiger partial charge in [-0.3, -0.25) is 4.79 Å². The quantitative estimate of drug-likeness (QED) is 0.397. The number of ether oxygens (including phenoxy) is 1. The molecule has 1 aliphatic rings. The second-order valence-electron chi connectivity index (χ2n) is 4.69. The number of aliphatic carboxylic acids is 1. The smallest absolute Gasteiger partial charge is 0.320 e. The summed E-state index contributed by atoms with van der Waals surface area (Å²) in [7, 11) is 0. The molecule has 1 aromatic rings. The maximum Gasteiger partial charge on any atom is 0.320 e. The third-order valence-corrected chi connectivity index (χ3v) is 3.21. The standard InChI is InChI=1S/C11H17N3O6/c12-6(11(18)19)1-5-2-14(4-13-5)10-9(17)8(16)7(3-15)20-10/h2,4,6-10,15-17H,1,3,12H2,(H,18,19)/t6-,7+,8+,9+,10+/m0/s1. The molecular weight excluding hydrogens is 270 g/mol. The highest BCUT2D eigenvalue weighted by molar-refractivity contribution is 5.73. The first-order valence-electron chi connectivity index (χ1n) is 6.07. The minimum Gasteiger partial charge on any atom is -0.480 e. The van der Waals surface area contributed by atoms with Crippen LogP contribution in [0.3, 0.4) is 0 Å². The van der Waals surface area contributed by atoms with Crippen molar-refractivity contribution in [3.63, 3.8) is 0 Å². The number of aliphatic hydroxyl groups excluding tert-OH is 3. The number of hydrogen-bond donors (Lipinski definition) is 5. The van der Waals surface area contributed by atoms with E-state index in [1.54, 1.807) is 0 Å². The molecule has 0 radical (unpaired) electrons. The van der Waals surface area contributed by atoms with Crippen LogP contribution in [-0.4, -0.2) is 66.9 Å². The zero-order valence-corrected chi connectivity index (χ0v) is 10.5. The number of rotatable bonds is 5. The fourth-order valence-electron chi connectivity index (χ4n) is 2.06. The van der Waals surface area contributed by atoms with Crippen LogP contribution in [0.4, 0.5) is 0 Å². The van der Waals surface area contributed by atoms with Crippen LogP contribution in [0.5, 0.6) is 0 Å². The molecule has 9 nitrogen and oxygen atoms in total. The van der Waals surface area contributed by atoms with Gasteiger partial charge < -0.3 is 35.5 Å². The molecule has 0 aliphatic carbocycles. The Labute approximate surface area is 114 Å². The highest BCUT2D eigenvalue weighted by Crippen LogP contribution is 2.29. The molecule has 2 rings (SSSR count). The van der Waals surface area contributed by atoms with Crippen molar-refractivity contribution in [2.75, 3.05) is 6.61 Å². The van der Waals surface area contributed by atoms with E-state index in [1.807, 2.05) is 0 Å². The largest absolute Gasteiger partial charge is 0.480 e. The van der Waals surface area contributed by atoms with Gasteiger partial charge in [0.15, 0.2) is 6.23 Å². The second-order valence-corrected chi connectivity index (χ2v) is 4.69. The van der Waals surface area contributed by atoms with E-state index in [2.05, 4.69) is 4.98 Å². The van der Waals surface area contributed by atoms with E-state index < -0.39 is 43.2 Å².